The molecule has 1 aliphatic heterocycles. The maximum atomic E-state index is 12.3. The number of aromatic hydroxyl groups is 1. The molecule has 0 aliphatic carbocycles. The van der Waals surface area contributed by atoms with Crippen molar-refractivity contribution in [2.75, 3.05) is 24.5 Å². The van der Waals surface area contributed by atoms with Gasteiger partial charge in [0.1, 0.15) is 12.4 Å². The van der Waals surface area contributed by atoms with Crippen molar-refractivity contribution >= 4 is 28.5 Å². The Morgan fingerprint density at radius 3 is 2.51 bits per heavy atom. The minimum Gasteiger partial charge on any atom is -0.504 e. The van der Waals surface area contributed by atoms with Gasteiger partial charge in [0.2, 0.25) is 0 Å². The molecule has 1 saturated heterocycles. The maximum Gasteiger partial charge on any atom is 0.322 e. The zero-order valence-corrected chi connectivity index (χ0v) is 21.8. The molecule has 4 aromatic rings. The van der Waals surface area contributed by atoms with Crippen LogP contribution in [0.5, 0.6) is 5.75 Å². The van der Waals surface area contributed by atoms with Gasteiger partial charge in [-0.25, -0.2) is 9.97 Å². The van der Waals surface area contributed by atoms with Crippen molar-refractivity contribution in [1.82, 2.24) is 20.3 Å². The number of aromatic nitrogens is 3. The number of hydrogen-bond donors (Lipinski definition) is 3. The van der Waals surface area contributed by atoms with E-state index < -0.39 is 18.4 Å². The molecule has 0 spiro atoms. The van der Waals surface area contributed by atoms with E-state index in [9.17, 15) is 14.7 Å². The number of carboxylic acids is 1. The zero-order chi connectivity index (χ0) is 27.4. The number of hydrogen-bond acceptors (Lipinski definition) is 7. The average Bonchev–Trinajstić information content (AvgIpc) is 2.94. The molecule has 200 valence electrons. The number of piperidine rings is 1. The Balaban J connectivity index is 1.17. The molecule has 0 saturated carbocycles. The van der Waals surface area contributed by atoms with Crippen molar-refractivity contribution < 1.29 is 19.8 Å². The summed E-state index contributed by atoms with van der Waals surface area (Å²) in [6.45, 7) is 2.87. The highest BCUT2D eigenvalue weighted by atomic mass is 16.4. The Labute approximate surface area is 226 Å². The standard InChI is InChI=1S/C30H31N5O4/c1-19-29(38)28(30(39)32-18-27(36)37)34-26(33-19)16-21-10-12-35(13-11-21)24-8-6-20(7-9-24)14-22-15-23-4-2-3-5-25(23)31-17-22/h2-9,15,17,21,38H,10-14,16,18H2,1H3,(H,32,39)(H,36,37). The van der Waals surface area contributed by atoms with Crippen LogP contribution in [-0.2, 0) is 17.6 Å². The van der Waals surface area contributed by atoms with Crippen LogP contribution in [-0.4, -0.2) is 56.7 Å². The number of amides is 1. The van der Waals surface area contributed by atoms with Crippen molar-refractivity contribution in [2.45, 2.75) is 32.6 Å². The van der Waals surface area contributed by atoms with Gasteiger partial charge < -0.3 is 20.4 Å². The van der Waals surface area contributed by atoms with Gasteiger partial charge >= 0.3 is 5.97 Å². The van der Waals surface area contributed by atoms with E-state index in [1.165, 1.54) is 16.8 Å². The topological polar surface area (TPSA) is 129 Å². The number of aryl methyl sites for hydroxylation is 1. The molecular formula is C30H31N5O4. The summed E-state index contributed by atoms with van der Waals surface area (Å²) < 4.78 is 0. The Bertz CT molecular complexity index is 1500. The van der Waals surface area contributed by atoms with Crippen LogP contribution >= 0.6 is 0 Å². The van der Waals surface area contributed by atoms with Gasteiger partial charge in [0.05, 0.1) is 11.2 Å². The summed E-state index contributed by atoms with van der Waals surface area (Å²) in [5.74, 6) is -1.39. The summed E-state index contributed by atoms with van der Waals surface area (Å²) in [5.41, 5.74) is 4.76. The predicted octanol–water partition coefficient (Wildman–Crippen LogP) is 3.90. The lowest BCUT2D eigenvalue weighted by atomic mass is 9.92. The number of pyridine rings is 1. The first-order chi connectivity index (χ1) is 18.9. The molecule has 0 unspecified atom stereocenters. The van der Waals surface area contributed by atoms with Gasteiger partial charge in [0.15, 0.2) is 11.4 Å². The number of fused-ring (bicyclic) bond motifs is 1. The Hall–Kier alpha value is -4.53. The second-order valence-electron chi connectivity index (χ2n) is 10.0. The Morgan fingerprint density at radius 1 is 1.03 bits per heavy atom. The first-order valence-electron chi connectivity index (χ1n) is 13.1. The molecule has 1 fully saturated rings. The Kier molecular flexibility index (Phi) is 7.67. The van der Waals surface area contributed by atoms with Gasteiger partial charge in [-0.15, -0.1) is 0 Å². The third-order valence-electron chi connectivity index (χ3n) is 7.16. The summed E-state index contributed by atoms with van der Waals surface area (Å²) in [6, 6.07) is 19.1. The highest BCUT2D eigenvalue weighted by Gasteiger charge is 2.23. The number of carbonyl (C=O) groups excluding carboxylic acids is 1. The van der Waals surface area contributed by atoms with Crippen LogP contribution in [0.3, 0.4) is 0 Å². The number of aliphatic carboxylic acids is 1. The molecule has 5 rings (SSSR count). The van der Waals surface area contributed by atoms with Crippen LogP contribution in [0.4, 0.5) is 5.69 Å². The Morgan fingerprint density at radius 2 is 1.77 bits per heavy atom. The number of carbonyl (C=O) groups is 2. The molecule has 0 bridgehead atoms. The van der Waals surface area contributed by atoms with E-state index in [4.69, 9.17) is 5.11 Å². The number of anilines is 1. The highest BCUT2D eigenvalue weighted by Crippen LogP contribution is 2.27. The first-order valence-corrected chi connectivity index (χ1v) is 13.1. The van der Waals surface area contributed by atoms with E-state index in [-0.39, 0.29) is 11.4 Å². The SMILES string of the molecule is Cc1nc(CC2CCN(c3ccc(Cc4cnc5ccccc5c4)cc3)CC2)nc(C(=O)NCC(=O)O)c1O. The minimum atomic E-state index is -1.17. The quantitative estimate of drug-likeness (QED) is 0.316. The third kappa shape index (κ3) is 6.31. The van der Waals surface area contributed by atoms with E-state index in [0.717, 1.165) is 43.3 Å². The number of nitrogens with zero attached hydrogens (tertiary/aromatic N) is 4. The van der Waals surface area contributed by atoms with Crippen molar-refractivity contribution in [1.29, 1.82) is 0 Å². The molecule has 3 heterocycles. The number of nitrogens with one attached hydrogen (secondary N) is 1. The predicted molar refractivity (Wildman–Crippen MR) is 148 cm³/mol. The molecule has 2 aromatic heterocycles. The summed E-state index contributed by atoms with van der Waals surface area (Å²) in [6.07, 6.45) is 5.28. The lowest BCUT2D eigenvalue weighted by Crippen LogP contribution is -2.34. The molecule has 2 aromatic carbocycles. The van der Waals surface area contributed by atoms with E-state index in [1.807, 2.05) is 24.4 Å². The molecule has 9 heteroatoms. The zero-order valence-electron chi connectivity index (χ0n) is 21.8. The van der Waals surface area contributed by atoms with Gasteiger partial charge in [-0.2, -0.15) is 0 Å². The molecule has 39 heavy (non-hydrogen) atoms. The van der Waals surface area contributed by atoms with Crippen LogP contribution in [0, 0.1) is 12.8 Å². The highest BCUT2D eigenvalue weighted by molar-refractivity contribution is 5.96. The van der Waals surface area contributed by atoms with Crippen molar-refractivity contribution in [2.24, 2.45) is 5.92 Å². The average molecular weight is 526 g/mol. The number of carboxylic acid groups (broad SMARTS) is 1. The molecular weight excluding hydrogens is 494 g/mol. The van der Waals surface area contributed by atoms with Crippen molar-refractivity contribution in [3.8, 4) is 5.75 Å². The number of rotatable bonds is 8. The van der Waals surface area contributed by atoms with Gasteiger partial charge in [-0.1, -0.05) is 30.3 Å². The second-order valence-corrected chi connectivity index (χ2v) is 10.0. The normalized spacial score (nSPS) is 13.9. The van der Waals surface area contributed by atoms with Crippen LogP contribution in [0.1, 0.15) is 46.0 Å². The molecule has 3 N–H and O–H groups in total. The summed E-state index contributed by atoms with van der Waals surface area (Å²) in [7, 11) is 0. The molecule has 0 radical (unpaired) electrons. The third-order valence-corrected chi connectivity index (χ3v) is 7.16. The van der Waals surface area contributed by atoms with Gasteiger partial charge in [0.25, 0.3) is 5.91 Å². The molecule has 1 amide bonds. The minimum absolute atomic E-state index is 0.184. The van der Waals surface area contributed by atoms with E-state index in [0.29, 0.717) is 23.9 Å². The largest absolute Gasteiger partial charge is 0.504 e. The molecule has 9 nitrogen and oxygen atoms in total. The fourth-order valence-electron chi connectivity index (χ4n) is 5.04. The fraction of sp³-hybridized carbons (Fsp3) is 0.300. The van der Waals surface area contributed by atoms with Crippen LogP contribution in [0.15, 0.2) is 60.8 Å². The second kappa shape index (κ2) is 11.5. The van der Waals surface area contributed by atoms with Crippen LogP contribution in [0.2, 0.25) is 0 Å². The fourth-order valence-corrected chi connectivity index (χ4v) is 5.04. The number of para-hydroxylation sites is 1. The van der Waals surface area contributed by atoms with E-state index >= 15 is 0 Å². The van der Waals surface area contributed by atoms with Crippen LogP contribution < -0.4 is 10.2 Å². The van der Waals surface area contributed by atoms with Gasteiger partial charge in [-0.3, -0.25) is 14.6 Å². The maximum absolute atomic E-state index is 12.3. The van der Waals surface area contributed by atoms with Crippen molar-refractivity contribution in [3.05, 3.63) is 89.1 Å². The van der Waals surface area contributed by atoms with E-state index in [2.05, 4.69) is 61.6 Å². The van der Waals surface area contributed by atoms with Gasteiger partial charge in [-0.05, 0) is 67.5 Å². The smallest absolute Gasteiger partial charge is 0.322 e. The molecule has 0 atom stereocenters. The summed E-state index contributed by atoms with van der Waals surface area (Å²) in [5, 5.41) is 22.4. The van der Waals surface area contributed by atoms with E-state index in [1.54, 1.807) is 6.92 Å². The molecule has 1 aliphatic rings. The lowest BCUT2D eigenvalue weighted by molar-refractivity contribution is -0.135. The number of benzene rings is 2. The van der Waals surface area contributed by atoms with Crippen LogP contribution in [0.25, 0.3) is 10.9 Å². The van der Waals surface area contributed by atoms with Crippen molar-refractivity contribution in [3.63, 3.8) is 0 Å². The summed E-state index contributed by atoms with van der Waals surface area (Å²) in [4.78, 5) is 38.6. The first kappa shape index (κ1) is 26.1. The van der Waals surface area contributed by atoms with Gasteiger partial charge in [0, 0.05) is 36.8 Å². The summed E-state index contributed by atoms with van der Waals surface area (Å²) >= 11 is 0. The monoisotopic (exact) mass is 525 g/mol. The lowest BCUT2D eigenvalue weighted by Gasteiger charge is -2.33.